The Morgan fingerprint density at radius 3 is 2.78 bits per heavy atom. The molecule has 1 N–H and O–H groups in total. The van der Waals surface area contributed by atoms with E-state index in [4.69, 9.17) is 4.52 Å². The number of likely N-dealkylation sites (N-methyl/N-ethyl adjacent to an activating group) is 1. The molecule has 2 aromatic rings. The Morgan fingerprint density at radius 1 is 1.33 bits per heavy atom. The van der Waals surface area contributed by atoms with E-state index in [2.05, 4.69) is 39.3 Å². The van der Waals surface area contributed by atoms with Crippen LogP contribution in [0.2, 0.25) is 0 Å². The van der Waals surface area contributed by atoms with E-state index in [1.165, 1.54) is 0 Å². The van der Waals surface area contributed by atoms with Crippen LogP contribution in [-0.4, -0.2) is 33.2 Å². The zero-order valence-electron chi connectivity index (χ0n) is 10.8. The van der Waals surface area contributed by atoms with Gasteiger partial charge in [-0.2, -0.15) is 4.98 Å². The van der Waals surface area contributed by atoms with E-state index in [0.717, 1.165) is 0 Å². The highest BCUT2D eigenvalue weighted by atomic mass is 16.5. The fourth-order valence-electron chi connectivity index (χ4n) is 1.72. The van der Waals surface area contributed by atoms with Gasteiger partial charge in [0.2, 0.25) is 11.7 Å². The fourth-order valence-corrected chi connectivity index (χ4v) is 1.72. The van der Waals surface area contributed by atoms with Crippen LogP contribution in [0.15, 0.2) is 23.1 Å². The second-order valence-corrected chi connectivity index (χ2v) is 4.45. The summed E-state index contributed by atoms with van der Waals surface area (Å²) in [4.78, 5) is 12.4. The molecule has 2 rings (SSSR count). The lowest BCUT2D eigenvalue weighted by molar-refractivity contribution is 0.335. The Kier molecular flexibility index (Phi) is 3.99. The Hall–Kier alpha value is -1.82. The SMILES string of the molecule is CNC(Cc1nc(-c2cnccn2)no1)C(C)C. The molecule has 6 heteroatoms. The van der Waals surface area contributed by atoms with Gasteiger partial charge in [-0.1, -0.05) is 19.0 Å². The summed E-state index contributed by atoms with van der Waals surface area (Å²) in [5.74, 6) is 1.60. The maximum absolute atomic E-state index is 5.23. The number of rotatable bonds is 5. The van der Waals surface area contributed by atoms with Gasteiger partial charge in [0.05, 0.1) is 6.20 Å². The van der Waals surface area contributed by atoms with Crippen molar-refractivity contribution in [3.8, 4) is 11.5 Å². The normalized spacial score (nSPS) is 12.9. The van der Waals surface area contributed by atoms with Crippen molar-refractivity contribution in [3.05, 3.63) is 24.5 Å². The van der Waals surface area contributed by atoms with E-state index in [-0.39, 0.29) is 0 Å². The molecule has 2 aromatic heterocycles. The molecule has 1 unspecified atom stereocenters. The highest BCUT2D eigenvalue weighted by Gasteiger charge is 2.17. The van der Waals surface area contributed by atoms with Gasteiger partial charge >= 0.3 is 0 Å². The van der Waals surface area contributed by atoms with Crippen molar-refractivity contribution >= 4 is 0 Å². The molecular weight excluding hydrogens is 230 g/mol. The second kappa shape index (κ2) is 5.68. The summed E-state index contributed by atoms with van der Waals surface area (Å²) in [6, 6.07) is 0.320. The molecule has 0 amide bonds. The molecule has 0 saturated heterocycles. The highest BCUT2D eigenvalue weighted by molar-refractivity contribution is 5.45. The maximum atomic E-state index is 5.23. The van der Waals surface area contributed by atoms with E-state index in [9.17, 15) is 0 Å². The summed E-state index contributed by atoms with van der Waals surface area (Å²) in [7, 11) is 1.94. The third kappa shape index (κ3) is 2.89. The molecule has 0 fully saturated rings. The minimum absolute atomic E-state index is 0.320. The number of hydrogen-bond donors (Lipinski definition) is 1. The topological polar surface area (TPSA) is 76.7 Å². The van der Waals surface area contributed by atoms with E-state index in [0.29, 0.717) is 35.8 Å². The van der Waals surface area contributed by atoms with E-state index < -0.39 is 0 Å². The fraction of sp³-hybridized carbons (Fsp3) is 0.500. The van der Waals surface area contributed by atoms with Gasteiger partial charge in [-0.3, -0.25) is 4.98 Å². The summed E-state index contributed by atoms with van der Waals surface area (Å²) >= 11 is 0. The lowest BCUT2D eigenvalue weighted by atomic mass is 10.0. The average molecular weight is 247 g/mol. The minimum Gasteiger partial charge on any atom is -0.339 e. The standard InChI is InChI=1S/C12H17N5O/c1-8(2)9(13-3)6-11-16-12(17-18-11)10-7-14-4-5-15-10/h4-5,7-9,13H,6H2,1-3H3. The molecule has 0 aliphatic rings. The number of hydrogen-bond acceptors (Lipinski definition) is 6. The van der Waals surface area contributed by atoms with Crippen molar-refractivity contribution in [3.63, 3.8) is 0 Å². The Balaban J connectivity index is 2.11. The van der Waals surface area contributed by atoms with Crippen LogP contribution >= 0.6 is 0 Å². The van der Waals surface area contributed by atoms with Crippen molar-refractivity contribution < 1.29 is 4.52 Å². The lowest BCUT2D eigenvalue weighted by Gasteiger charge is -2.17. The van der Waals surface area contributed by atoms with Gasteiger partial charge in [-0.05, 0) is 13.0 Å². The van der Waals surface area contributed by atoms with Gasteiger partial charge in [0, 0.05) is 24.9 Å². The van der Waals surface area contributed by atoms with Crippen molar-refractivity contribution in [1.82, 2.24) is 25.4 Å². The van der Waals surface area contributed by atoms with Crippen LogP contribution in [0.5, 0.6) is 0 Å². The molecule has 1 atom stereocenters. The van der Waals surface area contributed by atoms with E-state index >= 15 is 0 Å². The molecule has 0 aromatic carbocycles. The van der Waals surface area contributed by atoms with Gasteiger partial charge in [0.25, 0.3) is 0 Å². The highest BCUT2D eigenvalue weighted by Crippen LogP contribution is 2.13. The van der Waals surface area contributed by atoms with E-state index in [1.807, 2.05) is 7.05 Å². The first-order chi connectivity index (χ1) is 8.70. The van der Waals surface area contributed by atoms with Gasteiger partial charge in [0.15, 0.2) is 0 Å². The molecule has 0 spiro atoms. The largest absolute Gasteiger partial charge is 0.339 e. The van der Waals surface area contributed by atoms with E-state index in [1.54, 1.807) is 18.6 Å². The zero-order valence-corrected chi connectivity index (χ0v) is 10.8. The second-order valence-electron chi connectivity index (χ2n) is 4.45. The van der Waals surface area contributed by atoms with Crippen LogP contribution in [0.1, 0.15) is 19.7 Å². The quantitative estimate of drug-likeness (QED) is 0.858. The number of nitrogens with one attached hydrogen (secondary N) is 1. The first-order valence-electron chi connectivity index (χ1n) is 5.97. The van der Waals surface area contributed by atoms with Gasteiger partial charge in [-0.15, -0.1) is 0 Å². The molecule has 2 heterocycles. The Morgan fingerprint density at radius 2 is 2.17 bits per heavy atom. The molecule has 0 saturated carbocycles. The van der Waals surface area contributed by atoms with Gasteiger partial charge in [0.1, 0.15) is 5.69 Å². The molecule has 6 nitrogen and oxygen atoms in total. The first kappa shape index (κ1) is 12.6. The van der Waals surface area contributed by atoms with Crippen molar-refractivity contribution in [1.29, 1.82) is 0 Å². The predicted octanol–water partition coefficient (Wildman–Crippen LogP) is 1.31. The number of aromatic nitrogens is 4. The van der Waals surface area contributed by atoms with Crippen LogP contribution in [0.4, 0.5) is 0 Å². The minimum atomic E-state index is 0.320. The molecule has 0 aliphatic carbocycles. The molecule has 0 radical (unpaired) electrons. The molecule has 96 valence electrons. The van der Waals surface area contributed by atoms with Crippen LogP contribution < -0.4 is 5.32 Å². The summed E-state index contributed by atoms with van der Waals surface area (Å²) in [6.07, 6.45) is 5.55. The smallest absolute Gasteiger partial charge is 0.228 e. The summed E-state index contributed by atoms with van der Waals surface area (Å²) in [5.41, 5.74) is 0.623. The van der Waals surface area contributed by atoms with Crippen molar-refractivity contribution in [2.24, 2.45) is 5.92 Å². The first-order valence-corrected chi connectivity index (χ1v) is 5.97. The Labute approximate surface area is 106 Å². The van der Waals surface area contributed by atoms with Crippen LogP contribution in [-0.2, 0) is 6.42 Å². The monoisotopic (exact) mass is 247 g/mol. The molecule has 0 aliphatic heterocycles. The molecule has 0 bridgehead atoms. The van der Waals surface area contributed by atoms with Gasteiger partial charge < -0.3 is 9.84 Å². The maximum Gasteiger partial charge on any atom is 0.228 e. The summed E-state index contributed by atoms with van der Waals surface area (Å²) in [5, 5.41) is 7.16. The van der Waals surface area contributed by atoms with Crippen LogP contribution in [0.3, 0.4) is 0 Å². The van der Waals surface area contributed by atoms with Crippen molar-refractivity contribution in [2.75, 3.05) is 7.05 Å². The summed E-state index contributed by atoms with van der Waals surface area (Å²) in [6.45, 7) is 4.31. The average Bonchev–Trinajstić information content (AvgIpc) is 2.85. The third-order valence-corrected chi connectivity index (χ3v) is 2.83. The number of nitrogens with zero attached hydrogens (tertiary/aromatic N) is 4. The lowest BCUT2D eigenvalue weighted by Crippen LogP contribution is -2.32. The predicted molar refractivity (Wildman–Crippen MR) is 66.7 cm³/mol. The molecule has 18 heavy (non-hydrogen) atoms. The van der Waals surface area contributed by atoms with Crippen LogP contribution in [0, 0.1) is 5.92 Å². The zero-order chi connectivity index (χ0) is 13.0. The third-order valence-electron chi connectivity index (χ3n) is 2.83. The van der Waals surface area contributed by atoms with Crippen LogP contribution in [0.25, 0.3) is 11.5 Å². The van der Waals surface area contributed by atoms with Crippen molar-refractivity contribution in [2.45, 2.75) is 26.3 Å². The summed E-state index contributed by atoms with van der Waals surface area (Å²) < 4.78 is 5.23. The Bertz CT molecular complexity index is 482. The molecular formula is C12H17N5O. The van der Waals surface area contributed by atoms with Gasteiger partial charge in [-0.25, -0.2) is 4.98 Å².